The Hall–Kier alpha value is -2.10. The molecule has 24 saturated heterocycles. The van der Waals surface area contributed by atoms with Crippen LogP contribution in [0, 0.1) is 159 Å². The number of carboxylic acids is 1. The number of hydrogen-bond donors (Lipinski definition) is 3. The van der Waals surface area contributed by atoms with Crippen molar-refractivity contribution in [1.82, 2.24) is 5.32 Å². The van der Waals surface area contributed by atoms with E-state index in [4.69, 9.17) is 149 Å². The summed E-state index contributed by atoms with van der Waals surface area (Å²) in [4.78, 5) is 85.0. The molecule has 34 nitrogen and oxygen atoms in total. The molecule has 0 radical (unpaired) electrons. The Morgan fingerprint density at radius 3 is 0.785 bits per heavy atom. The molecule has 24 aliphatic heterocycles. The zero-order valence-corrected chi connectivity index (χ0v) is 89.2. The minimum absolute atomic E-state index is 0.0374. The van der Waals surface area contributed by atoms with E-state index in [9.17, 15) is 9.90 Å². The fraction of sp³-hybridized carbons (Fsp3) is 0.982. The number of fused-ring (bicyclic) bond motifs is 12. The van der Waals surface area contributed by atoms with Gasteiger partial charge in [0.2, 0.25) is 34.7 Å². The second-order valence-electron chi connectivity index (χ2n) is 52.0. The molecule has 0 aromatic heterocycles. The number of rotatable bonds is 25. The maximum Gasteiger partial charge on any atom is 0.303 e. The Labute approximate surface area is 852 Å². The van der Waals surface area contributed by atoms with Crippen molar-refractivity contribution in [2.75, 3.05) is 46.2 Å². The minimum Gasteiger partial charge on any atom is -0.481 e. The zero-order chi connectivity index (χ0) is 100. The molecular formula is C110H174N2O32. The molecule has 31 aliphatic rings. The average molecular weight is 2040 g/mol. The third-order valence-electron chi connectivity index (χ3n) is 42.7. The van der Waals surface area contributed by atoms with Crippen molar-refractivity contribution in [1.29, 1.82) is 5.41 Å². The summed E-state index contributed by atoms with van der Waals surface area (Å²) in [5.74, 6) is 1.68. The molecule has 144 heavy (non-hydrogen) atoms. The van der Waals surface area contributed by atoms with Crippen molar-refractivity contribution in [3.63, 3.8) is 0 Å². The quantitative estimate of drug-likeness (QED) is 0.0434. The van der Waals surface area contributed by atoms with E-state index in [1.165, 1.54) is 44.9 Å². The number of carboxylic acid groups (broad SMARTS) is 1. The fourth-order valence-corrected chi connectivity index (χ4v) is 34.5. The molecule has 0 amide bonds. The van der Waals surface area contributed by atoms with E-state index >= 15 is 0 Å². The van der Waals surface area contributed by atoms with Crippen LogP contribution in [0.1, 0.15) is 330 Å². The van der Waals surface area contributed by atoms with E-state index in [0.29, 0.717) is 110 Å². The highest BCUT2D eigenvalue weighted by Gasteiger charge is 2.78. The molecule has 816 valence electrons. The Kier molecular flexibility index (Phi) is 29.1. The van der Waals surface area contributed by atoms with Gasteiger partial charge in [0.1, 0.15) is 0 Å². The molecule has 6 spiro atoms. The van der Waals surface area contributed by atoms with Gasteiger partial charge < -0.3 is 101 Å². The van der Waals surface area contributed by atoms with Crippen LogP contribution in [0.2, 0.25) is 0 Å². The van der Waals surface area contributed by atoms with Crippen LogP contribution in [0.25, 0.3) is 0 Å². The molecule has 50 atom stereocenters. The van der Waals surface area contributed by atoms with Crippen LogP contribution in [-0.4, -0.2) is 213 Å². The van der Waals surface area contributed by atoms with Crippen molar-refractivity contribution in [3.05, 3.63) is 0 Å². The Bertz CT molecular complexity index is 4240. The summed E-state index contributed by atoms with van der Waals surface area (Å²) in [5.41, 5.74) is -3.40. The normalized spacial score (nSPS) is 55.0. The standard InChI is InChI=1S/C40H64O10.C37H59NO12.C33H51NO10/c1-23-12-14-31-25(3)33(43-35-39(31)29(23)16-18-37(5,45-35)47-49-39)41-21-28(20-27-10-8-7-9-11-27)22-42-34-26(4)32-15-13-24(2)30-17-19-38(6)46-36(44-34)40(30,32)50-48-38;1-20-9-11-27-22(3)30(43-32-36(27)25(20)13-15-34(5,45-32)47-49-36)41-18-24(38-17-7-8-29(39)40)19-42-31-23(4)28-12-10-21(2)26-14-16-35(6)46-33(44-31)37(26,28)50-48-35;1-17-7-9-24-19(3)26(37-28-32(24)22(17)11-13-30(5,39-28)41-43-32)35-15-21(34)16-36-27-20(4)25-10-8-18(2)23-12-14-31(6)40-29(38-27)33(23,25)44-42-31/h23-36H,7-22H2,1-6H3;20-28,30-33,38H,7-19H2,1-6H3,(H,39,40);17-20,22-29,34H,7-16H2,1-6H3/t23-,24-,25-,26-,28?,29-,30+,31+,32+,33+,34+,35-,36?,37-,38-,39-,40-;20-,21-,22-,23-,24?,25+,26+,27+,28+,30+,31+,32-,33?,34-,35-,36-,37-;17-,18-,19-,20-,22+,23+,24+,25+,26+,27+,28-,29?,30-,31-,32-,33-/m111/s1. The third-order valence-corrected chi connectivity index (χ3v) is 42.7. The lowest BCUT2D eigenvalue weighted by atomic mass is 9.58. The molecule has 7 aliphatic carbocycles. The van der Waals surface area contributed by atoms with E-state index in [1.807, 2.05) is 41.5 Å². The molecule has 3 N–H and O–H groups in total. The molecule has 31 fully saturated rings. The summed E-state index contributed by atoms with van der Waals surface area (Å²) in [6.07, 6.45) is 25.7. The number of ether oxygens (including phenoxy) is 18. The Morgan fingerprint density at radius 2 is 0.542 bits per heavy atom. The summed E-state index contributed by atoms with van der Waals surface area (Å²) >= 11 is 0. The van der Waals surface area contributed by atoms with Gasteiger partial charge in [0.05, 0.1) is 51.4 Å². The molecule has 31 rings (SSSR count). The summed E-state index contributed by atoms with van der Waals surface area (Å²) in [7, 11) is 0. The summed E-state index contributed by atoms with van der Waals surface area (Å²) in [5, 5.41) is 21.5. The topological polar surface area (TPSA) is 350 Å². The van der Waals surface area contributed by atoms with Gasteiger partial charge in [-0.05, 0) is 253 Å². The summed E-state index contributed by atoms with van der Waals surface area (Å²) in [6.45, 7) is 41.3. The predicted octanol–water partition coefficient (Wildman–Crippen LogP) is 18.7. The van der Waals surface area contributed by atoms with E-state index in [2.05, 4.69) is 88.4 Å². The average Bonchev–Trinajstić information content (AvgIpc) is 1.46. The second kappa shape index (κ2) is 39.9. The van der Waals surface area contributed by atoms with Crippen molar-refractivity contribution in [3.8, 4) is 0 Å². The number of hydrogen-bond acceptors (Lipinski definition) is 33. The molecule has 24 heterocycles. The van der Waals surface area contributed by atoms with Gasteiger partial charge in [0.25, 0.3) is 0 Å². The largest absolute Gasteiger partial charge is 0.481 e. The molecule has 34 heteroatoms. The fourth-order valence-electron chi connectivity index (χ4n) is 34.5. The van der Waals surface area contributed by atoms with Crippen molar-refractivity contribution >= 4 is 11.7 Å². The zero-order valence-electron chi connectivity index (χ0n) is 89.2. The van der Waals surface area contributed by atoms with Crippen LogP contribution in [0.3, 0.4) is 0 Å². The SMILES string of the molecule is C[C@H]1[C@@H](OCC(=N)CO[C@H]2O[C@@H]3O[C@@]4(C)CC[C@H]5[C@H](C)CC[C@@H]([C@H]2C)[C@@]35OO4)OC2O[C@@]3(C)CC[C@H]4[C@H](C)CC[C@@H]1[C@@]24OO3.C[C@H]1[C@@H](OCC(CO[C@H]2O[C@@H]3O[C@@]4(C)CC[C@@H]5[C@H](C)CC[C@@H]([C@H]2C)[C@@]35OO4)CC2CCCCC2)OC2O[C@@]3(C)CC[C@H]4[C@H](C)CC[C@@H]1[C@@]24OO3.C[C@H]1[C@@H](OCC(CO[C@H]2O[C@@H]3O[C@@]4(C)CC[C@H]5[C@H](C)CC[C@@H]([C@H]2C)[C@@]35OO4)NCCCC(=O)O)OC2O[C@@]3(C)CC[C@H]4[C@H](C)CC[C@@H]1[C@@]24OO3. The smallest absolute Gasteiger partial charge is 0.303 e. The minimum atomic E-state index is -0.856. The monoisotopic (exact) mass is 2040 g/mol. The van der Waals surface area contributed by atoms with Crippen LogP contribution < -0.4 is 5.32 Å². The van der Waals surface area contributed by atoms with Gasteiger partial charge in [-0.2, -0.15) is 0 Å². The first kappa shape index (κ1) is 105. The van der Waals surface area contributed by atoms with Gasteiger partial charge in [-0.3, -0.25) is 4.79 Å². The lowest BCUT2D eigenvalue weighted by Crippen LogP contribution is -2.70. The molecule has 0 aromatic carbocycles. The highest BCUT2D eigenvalue weighted by molar-refractivity contribution is 5.83. The second-order valence-corrected chi connectivity index (χ2v) is 52.0. The third kappa shape index (κ3) is 17.8. The first-order chi connectivity index (χ1) is 68.9. The first-order valence-electron chi connectivity index (χ1n) is 57.3. The van der Waals surface area contributed by atoms with Crippen molar-refractivity contribution < 1.29 is 154 Å². The summed E-state index contributed by atoms with van der Waals surface area (Å²) in [6, 6.07) is -0.243. The van der Waals surface area contributed by atoms with Crippen LogP contribution in [0.15, 0.2) is 0 Å². The van der Waals surface area contributed by atoms with Gasteiger partial charge >= 0.3 is 5.97 Å². The molecule has 5 unspecified atom stereocenters. The Balaban J connectivity index is 0.000000120. The number of nitrogens with one attached hydrogen (secondary N) is 2. The number of aliphatic carboxylic acids is 1. The molecule has 12 bridgehead atoms. The lowest BCUT2D eigenvalue weighted by molar-refractivity contribution is -0.578. The van der Waals surface area contributed by atoms with Crippen LogP contribution >= 0.6 is 0 Å². The lowest BCUT2D eigenvalue weighted by Gasteiger charge is -2.60. The summed E-state index contributed by atoms with van der Waals surface area (Å²) < 4.78 is 119. The maximum atomic E-state index is 11.3. The highest BCUT2D eigenvalue weighted by Crippen LogP contribution is 2.69. The van der Waals surface area contributed by atoms with Crippen LogP contribution in [0.4, 0.5) is 0 Å². The number of carbonyl (C=O) groups is 1. The Morgan fingerprint density at radius 1 is 0.306 bits per heavy atom. The van der Waals surface area contributed by atoms with E-state index < -0.39 is 137 Å². The predicted molar refractivity (Wildman–Crippen MR) is 508 cm³/mol. The molecule has 0 aromatic rings. The highest BCUT2D eigenvalue weighted by atomic mass is 17.3. The van der Waals surface area contributed by atoms with E-state index in [-0.39, 0.29) is 127 Å². The van der Waals surface area contributed by atoms with Gasteiger partial charge in [-0.1, -0.05) is 115 Å². The molecular weight excluding hydrogens is 1860 g/mol. The van der Waals surface area contributed by atoms with Crippen molar-refractivity contribution in [2.45, 2.75) is 480 Å². The van der Waals surface area contributed by atoms with E-state index in [0.717, 1.165) is 148 Å². The van der Waals surface area contributed by atoms with Gasteiger partial charge in [0.15, 0.2) is 109 Å². The maximum absolute atomic E-state index is 11.3. The van der Waals surface area contributed by atoms with E-state index in [1.54, 1.807) is 0 Å². The van der Waals surface area contributed by atoms with Gasteiger partial charge in [-0.15, -0.1) is 0 Å². The molecule has 7 saturated carbocycles. The van der Waals surface area contributed by atoms with Gasteiger partial charge in [0, 0.05) is 122 Å². The first-order valence-corrected chi connectivity index (χ1v) is 57.3. The van der Waals surface area contributed by atoms with Crippen molar-refractivity contribution in [2.24, 2.45) is 154 Å². The van der Waals surface area contributed by atoms with Crippen LogP contribution in [-0.2, 0) is 149 Å². The van der Waals surface area contributed by atoms with Gasteiger partial charge in [-0.25, -0.2) is 58.7 Å². The van der Waals surface area contributed by atoms with Crippen LogP contribution in [0.5, 0.6) is 0 Å².